The van der Waals surface area contributed by atoms with Crippen molar-refractivity contribution in [1.82, 2.24) is 19.6 Å². The average Bonchev–Trinajstić information content (AvgIpc) is 3.18. The zero-order chi connectivity index (χ0) is 17.7. The van der Waals surface area contributed by atoms with E-state index in [9.17, 15) is 0 Å². The number of aliphatic imine (C=N–C) groups is 1. The van der Waals surface area contributed by atoms with E-state index in [0.717, 1.165) is 51.7 Å². The molecule has 4 heterocycles. The van der Waals surface area contributed by atoms with Crippen LogP contribution >= 0.6 is 0 Å². The van der Waals surface area contributed by atoms with Crippen LogP contribution < -0.4 is 0 Å². The molecule has 0 N–H and O–H groups in total. The maximum absolute atomic E-state index is 4.87. The van der Waals surface area contributed by atoms with Gasteiger partial charge in [0.25, 0.3) is 0 Å². The fourth-order valence-electron chi connectivity index (χ4n) is 3.54. The van der Waals surface area contributed by atoms with Gasteiger partial charge in [0.15, 0.2) is 5.65 Å². The number of rotatable bonds is 2. The molecule has 1 aromatic carbocycles. The summed E-state index contributed by atoms with van der Waals surface area (Å²) in [6.07, 6.45) is 4.52. The topological polar surface area (TPSA) is 55.4 Å². The lowest BCUT2D eigenvalue weighted by molar-refractivity contribution is 0.947. The Morgan fingerprint density at radius 3 is 2.62 bits per heavy atom. The minimum absolute atomic E-state index is 0.841. The molecule has 5 rings (SSSR count). The lowest BCUT2D eigenvalue weighted by Gasteiger charge is -2.06. The van der Waals surface area contributed by atoms with Gasteiger partial charge >= 0.3 is 0 Å². The molecule has 0 fully saturated rings. The van der Waals surface area contributed by atoms with Crippen LogP contribution in [-0.4, -0.2) is 25.3 Å². The Labute approximate surface area is 151 Å². The molecule has 0 radical (unpaired) electrons. The first-order valence-corrected chi connectivity index (χ1v) is 8.63. The van der Waals surface area contributed by atoms with Crippen molar-refractivity contribution >= 4 is 17.0 Å². The van der Waals surface area contributed by atoms with Crippen molar-refractivity contribution in [1.29, 1.82) is 0 Å². The highest BCUT2D eigenvalue weighted by atomic mass is 15.3. The van der Waals surface area contributed by atoms with E-state index in [1.54, 1.807) is 12.4 Å². The summed E-state index contributed by atoms with van der Waals surface area (Å²) in [5.41, 5.74) is 9.32. The normalized spacial score (nSPS) is 13.1. The highest BCUT2D eigenvalue weighted by Gasteiger charge is 2.15. The fourth-order valence-corrected chi connectivity index (χ4v) is 3.54. The van der Waals surface area contributed by atoms with Gasteiger partial charge in [-0.15, -0.1) is 0 Å². The van der Waals surface area contributed by atoms with Gasteiger partial charge in [0.05, 0.1) is 22.8 Å². The van der Waals surface area contributed by atoms with Gasteiger partial charge < -0.3 is 0 Å². The van der Waals surface area contributed by atoms with Gasteiger partial charge in [-0.3, -0.25) is 9.98 Å². The summed E-state index contributed by atoms with van der Waals surface area (Å²) in [5, 5.41) is 4.87. The summed E-state index contributed by atoms with van der Waals surface area (Å²) in [4.78, 5) is 13.4. The Balaban J connectivity index is 1.68. The van der Waals surface area contributed by atoms with Crippen LogP contribution in [0.5, 0.6) is 0 Å². The van der Waals surface area contributed by atoms with Crippen molar-refractivity contribution in [3.8, 4) is 22.5 Å². The lowest BCUT2D eigenvalue weighted by Crippen LogP contribution is -1.97. The fraction of sp³-hybridized carbons (Fsp3) is 0.143. The van der Waals surface area contributed by atoms with Crippen LogP contribution in [-0.2, 0) is 6.42 Å². The quantitative estimate of drug-likeness (QED) is 0.543. The average molecular weight is 339 g/mol. The van der Waals surface area contributed by atoms with E-state index in [0.29, 0.717) is 0 Å². The molecule has 0 saturated heterocycles. The zero-order valence-electron chi connectivity index (χ0n) is 14.6. The third-order valence-corrected chi connectivity index (χ3v) is 4.74. The van der Waals surface area contributed by atoms with Crippen LogP contribution in [0.15, 0.2) is 59.9 Å². The van der Waals surface area contributed by atoms with Crippen LogP contribution in [0.3, 0.4) is 0 Å². The number of fused-ring (bicyclic) bond motifs is 2. The monoisotopic (exact) mass is 339 g/mol. The van der Waals surface area contributed by atoms with Crippen molar-refractivity contribution in [2.24, 2.45) is 4.99 Å². The second kappa shape index (κ2) is 5.59. The van der Waals surface area contributed by atoms with Crippen LogP contribution in [0.4, 0.5) is 5.69 Å². The molecular weight excluding hydrogens is 322 g/mol. The summed E-state index contributed by atoms with van der Waals surface area (Å²) in [6, 6.07) is 14.4. The van der Waals surface area contributed by atoms with Crippen LogP contribution in [0.25, 0.3) is 28.2 Å². The smallest absolute Gasteiger partial charge is 0.154 e. The molecule has 0 saturated carbocycles. The number of aromatic nitrogens is 4. The van der Waals surface area contributed by atoms with E-state index in [2.05, 4.69) is 40.1 Å². The maximum Gasteiger partial charge on any atom is 0.154 e. The summed E-state index contributed by atoms with van der Waals surface area (Å²) in [5.74, 6) is 0. The summed E-state index contributed by atoms with van der Waals surface area (Å²) in [6.45, 7) is 4.08. The Kier molecular flexibility index (Phi) is 3.22. The molecule has 26 heavy (non-hydrogen) atoms. The molecule has 4 aromatic rings. The molecule has 3 aromatic heterocycles. The number of benzene rings is 1. The van der Waals surface area contributed by atoms with Crippen molar-refractivity contribution in [3.63, 3.8) is 0 Å². The minimum Gasteiger partial charge on any atom is -0.265 e. The molecule has 0 aliphatic carbocycles. The van der Waals surface area contributed by atoms with Crippen molar-refractivity contribution in [2.45, 2.75) is 20.3 Å². The number of imidazole rings is 1. The molecule has 5 nitrogen and oxygen atoms in total. The first kappa shape index (κ1) is 15.0. The number of pyridine rings is 1. The third-order valence-electron chi connectivity index (χ3n) is 4.74. The largest absolute Gasteiger partial charge is 0.265 e. The van der Waals surface area contributed by atoms with Gasteiger partial charge in [0.1, 0.15) is 0 Å². The van der Waals surface area contributed by atoms with E-state index >= 15 is 0 Å². The second-order valence-corrected chi connectivity index (χ2v) is 6.64. The predicted molar refractivity (Wildman–Crippen MR) is 103 cm³/mol. The third kappa shape index (κ3) is 2.32. The SMILES string of the molecule is CC1=Nc2cc(-c3ccc4nc(C)c(-c5ccncc5)n4n3)ccc2C1. The van der Waals surface area contributed by atoms with E-state index in [1.165, 1.54) is 5.56 Å². The van der Waals surface area contributed by atoms with Gasteiger partial charge in [-0.05, 0) is 49.7 Å². The molecule has 0 unspecified atom stereocenters. The standard InChI is InChI=1S/C21H17N5/c1-13-11-16-3-4-17(12-19(16)23-13)18-5-6-20-24-14(2)21(26(20)25-18)15-7-9-22-10-8-15/h3-10,12H,11H2,1-2H3. The van der Waals surface area contributed by atoms with E-state index < -0.39 is 0 Å². The number of hydrogen-bond acceptors (Lipinski definition) is 4. The lowest BCUT2D eigenvalue weighted by atomic mass is 10.1. The van der Waals surface area contributed by atoms with Crippen LogP contribution in [0.1, 0.15) is 18.2 Å². The van der Waals surface area contributed by atoms with Crippen LogP contribution in [0.2, 0.25) is 0 Å². The zero-order valence-corrected chi connectivity index (χ0v) is 14.6. The van der Waals surface area contributed by atoms with E-state index in [1.807, 2.05) is 35.7 Å². The van der Waals surface area contributed by atoms with E-state index in [-0.39, 0.29) is 0 Å². The first-order chi connectivity index (χ1) is 12.7. The Bertz CT molecular complexity index is 1170. The number of aryl methyl sites for hydroxylation is 1. The minimum atomic E-state index is 0.841. The molecule has 5 heteroatoms. The van der Waals surface area contributed by atoms with Crippen molar-refractivity contribution in [2.75, 3.05) is 0 Å². The highest BCUT2D eigenvalue weighted by molar-refractivity contribution is 5.92. The molecule has 0 atom stereocenters. The van der Waals surface area contributed by atoms with Gasteiger partial charge in [-0.1, -0.05) is 12.1 Å². The van der Waals surface area contributed by atoms with E-state index in [4.69, 9.17) is 5.10 Å². The number of nitrogens with zero attached hydrogens (tertiary/aromatic N) is 5. The molecule has 0 amide bonds. The summed E-state index contributed by atoms with van der Waals surface area (Å²) >= 11 is 0. The molecule has 0 bridgehead atoms. The van der Waals surface area contributed by atoms with Crippen molar-refractivity contribution in [3.05, 3.63) is 66.1 Å². The Morgan fingerprint density at radius 1 is 0.923 bits per heavy atom. The van der Waals surface area contributed by atoms with Crippen molar-refractivity contribution < 1.29 is 0 Å². The maximum atomic E-state index is 4.87. The first-order valence-electron chi connectivity index (χ1n) is 8.63. The summed E-state index contributed by atoms with van der Waals surface area (Å²) < 4.78 is 1.92. The molecule has 1 aliphatic heterocycles. The number of hydrogen-bond donors (Lipinski definition) is 0. The Morgan fingerprint density at radius 2 is 1.77 bits per heavy atom. The van der Waals surface area contributed by atoms with Gasteiger partial charge in [-0.2, -0.15) is 5.10 Å². The molecule has 0 spiro atoms. The van der Waals surface area contributed by atoms with Crippen LogP contribution in [0, 0.1) is 6.92 Å². The molecular formula is C21H17N5. The van der Waals surface area contributed by atoms with Gasteiger partial charge in [0, 0.05) is 35.7 Å². The molecule has 126 valence electrons. The van der Waals surface area contributed by atoms with Gasteiger partial charge in [0.2, 0.25) is 0 Å². The summed E-state index contributed by atoms with van der Waals surface area (Å²) in [7, 11) is 0. The van der Waals surface area contributed by atoms with Gasteiger partial charge in [-0.25, -0.2) is 9.50 Å². The highest BCUT2D eigenvalue weighted by Crippen LogP contribution is 2.32. The molecule has 1 aliphatic rings. The Hall–Kier alpha value is -3.34. The second-order valence-electron chi connectivity index (χ2n) is 6.64. The predicted octanol–water partition coefficient (Wildman–Crippen LogP) is 4.42.